The number of hydrogen-bond acceptors (Lipinski definition) is 11. The van der Waals surface area contributed by atoms with Crippen molar-refractivity contribution in [2.45, 2.75) is 243 Å². The van der Waals surface area contributed by atoms with Gasteiger partial charge in [0.15, 0.2) is 0 Å². The van der Waals surface area contributed by atoms with Crippen molar-refractivity contribution in [3.05, 3.63) is 24.3 Å². The topological polar surface area (TPSA) is 192 Å². The number of rotatable bonds is 40. The average Bonchev–Trinajstić information content (AvgIpc) is 3.22. The van der Waals surface area contributed by atoms with Crippen LogP contribution in [0.1, 0.15) is 200 Å². The van der Waals surface area contributed by atoms with Crippen LogP contribution in [-0.4, -0.2) is 98.9 Å². The second-order valence-corrected chi connectivity index (χ2v) is 18.0. The molecule has 6 N–H and O–H groups in total. The molecule has 12 nitrogen and oxygen atoms in total. The highest BCUT2D eigenvalue weighted by atomic mass is 31.2. The zero-order chi connectivity index (χ0) is 43.4. The number of aliphatic hydroxyl groups excluding tert-OH is 5. The van der Waals surface area contributed by atoms with Crippen LogP contribution in [0.4, 0.5) is 0 Å². The van der Waals surface area contributed by atoms with Gasteiger partial charge in [-0.25, -0.2) is 4.57 Å². The van der Waals surface area contributed by atoms with Gasteiger partial charge in [-0.2, -0.15) is 0 Å². The van der Waals surface area contributed by atoms with Crippen molar-refractivity contribution in [2.24, 2.45) is 0 Å². The van der Waals surface area contributed by atoms with E-state index in [2.05, 4.69) is 38.2 Å². The Hall–Kier alpha value is -1.18. The molecule has 6 unspecified atom stereocenters. The Kier molecular flexibility index (Phi) is 35.4. The lowest BCUT2D eigenvalue weighted by atomic mass is 9.85. The van der Waals surface area contributed by atoms with Crippen LogP contribution in [0.3, 0.4) is 0 Å². The lowest BCUT2D eigenvalue weighted by molar-refractivity contribution is -0.220. The minimum absolute atomic E-state index is 0.0797. The number of unbranched alkanes of at least 4 members (excludes halogenated alkanes) is 24. The van der Waals surface area contributed by atoms with Crippen molar-refractivity contribution in [1.82, 2.24) is 0 Å². The summed E-state index contributed by atoms with van der Waals surface area (Å²) in [6, 6.07) is 0. The van der Waals surface area contributed by atoms with Gasteiger partial charge in [0, 0.05) is 13.0 Å². The summed E-state index contributed by atoms with van der Waals surface area (Å²) in [6.45, 7) is 4.24. The van der Waals surface area contributed by atoms with E-state index in [0.717, 1.165) is 57.8 Å². The van der Waals surface area contributed by atoms with E-state index in [1.807, 2.05) is 0 Å². The molecule has 0 aliphatic heterocycles. The molecule has 1 aliphatic rings. The Morgan fingerprint density at radius 1 is 0.525 bits per heavy atom. The summed E-state index contributed by atoms with van der Waals surface area (Å²) in [6.07, 6.45) is 29.6. The summed E-state index contributed by atoms with van der Waals surface area (Å²) in [7, 11) is -5.02. The number of esters is 1. The maximum Gasteiger partial charge on any atom is 0.472 e. The van der Waals surface area contributed by atoms with Gasteiger partial charge in [-0.3, -0.25) is 13.8 Å². The minimum atomic E-state index is -5.02. The van der Waals surface area contributed by atoms with Crippen molar-refractivity contribution in [1.29, 1.82) is 0 Å². The Labute approximate surface area is 358 Å². The second-order valence-electron chi connectivity index (χ2n) is 16.6. The molecule has 0 spiro atoms. The molecule has 0 aromatic heterocycles. The lowest BCUT2D eigenvalue weighted by Crippen LogP contribution is -2.64. The largest absolute Gasteiger partial charge is 0.472 e. The van der Waals surface area contributed by atoms with Crippen LogP contribution in [-0.2, 0) is 27.9 Å². The molecule has 1 rings (SSSR count). The first-order valence-corrected chi connectivity index (χ1v) is 25.2. The third kappa shape index (κ3) is 29.7. The molecule has 0 heterocycles. The van der Waals surface area contributed by atoms with Crippen LogP contribution in [0.5, 0.6) is 0 Å². The summed E-state index contributed by atoms with van der Waals surface area (Å²) in [5, 5.41) is 50.2. The van der Waals surface area contributed by atoms with E-state index in [-0.39, 0.29) is 13.0 Å². The van der Waals surface area contributed by atoms with E-state index in [9.17, 15) is 39.8 Å². The summed E-state index contributed by atoms with van der Waals surface area (Å²) < 4.78 is 34.2. The Bertz CT molecular complexity index is 1070. The van der Waals surface area contributed by atoms with E-state index in [0.29, 0.717) is 13.0 Å². The second kappa shape index (κ2) is 37.4. The molecule has 0 saturated heterocycles. The van der Waals surface area contributed by atoms with Gasteiger partial charge in [-0.05, 0) is 64.2 Å². The standard InChI is InChI=1S/C46H87O12P/c1-3-5-7-9-11-13-15-17-19-20-21-22-24-26-28-30-32-34-36-55-37-39(38-56-59(53,54)58-46-44(51)42(49)41(48)43(50)45(46)52)57-40(47)35-33-31-29-27-25-23-18-16-14-12-10-8-6-4-2/h16-19,39,41-46,48-52H,3-15,20-38H2,1-2H3,(H,53,54)/b18-16-,19-17-. The number of phosphoric acid groups is 1. The molecule has 0 bridgehead atoms. The van der Waals surface area contributed by atoms with Crippen molar-refractivity contribution >= 4 is 13.8 Å². The molecular formula is C46H87O12P. The van der Waals surface area contributed by atoms with Crippen LogP contribution >= 0.6 is 7.82 Å². The van der Waals surface area contributed by atoms with E-state index < -0.39 is 63.1 Å². The van der Waals surface area contributed by atoms with Crippen molar-refractivity contribution in [3.8, 4) is 0 Å². The quantitative estimate of drug-likeness (QED) is 0.0148. The highest BCUT2D eigenvalue weighted by molar-refractivity contribution is 7.47. The number of aliphatic hydroxyl groups is 5. The number of ether oxygens (including phenoxy) is 2. The Morgan fingerprint density at radius 3 is 1.34 bits per heavy atom. The Morgan fingerprint density at radius 2 is 0.898 bits per heavy atom. The Balaban J connectivity index is 2.38. The van der Waals surface area contributed by atoms with Gasteiger partial charge in [0.1, 0.15) is 42.7 Å². The summed E-state index contributed by atoms with van der Waals surface area (Å²) in [5.74, 6) is -0.486. The zero-order valence-corrected chi connectivity index (χ0v) is 38.0. The fraction of sp³-hybridized carbons (Fsp3) is 0.891. The molecule has 0 amide bonds. The van der Waals surface area contributed by atoms with Crippen LogP contribution in [0.15, 0.2) is 24.3 Å². The van der Waals surface area contributed by atoms with Crippen molar-refractivity contribution in [3.63, 3.8) is 0 Å². The summed E-state index contributed by atoms with van der Waals surface area (Å²) in [5.41, 5.74) is 0. The maximum absolute atomic E-state index is 12.8. The van der Waals surface area contributed by atoms with Gasteiger partial charge in [0.25, 0.3) is 0 Å². The first-order chi connectivity index (χ1) is 28.5. The number of carbonyl (C=O) groups excluding carboxylic acids is 1. The third-order valence-electron chi connectivity index (χ3n) is 11.0. The monoisotopic (exact) mass is 863 g/mol. The lowest BCUT2D eigenvalue weighted by Gasteiger charge is -2.41. The number of hydrogen-bond donors (Lipinski definition) is 6. The van der Waals surface area contributed by atoms with Gasteiger partial charge in [-0.1, -0.05) is 154 Å². The molecule has 1 aliphatic carbocycles. The minimum Gasteiger partial charge on any atom is -0.457 e. The van der Waals surface area contributed by atoms with Gasteiger partial charge < -0.3 is 39.9 Å². The molecule has 6 atom stereocenters. The van der Waals surface area contributed by atoms with Gasteiger partial charge in [0.05, 0.1) is 13.2 Å². The third-order valence-corrected chi connectivity index (χ3v) is 12.0. The molecule has 13 heteroatoms. The van der Waals surface area contributed by atoms with Crippen molar-refractivity contribution in [2.75, 3.05) is 19.8 Å². The van der Waals surface area contributed by atoms with Gasteiger partial charge >= 0.3 is 13.8 Å². The smallest absolute Gasteiger partial charge is 0.457 e. The highest BCUT2D eigenvalue weighted by Gasteiger charge is 2.51. The van der Waals surface area contributed by atoms with Crippen LogP contribution < -0.4 is 0 Å². The van der Waals surface area contributed by atoms with E-state index in [1.54, 1.807) is 0 Å². The molecule has 0 aromatic carbocycles. The van der Waals surface area contributed by atoms with E-state index >= 15 is 0 Å². The first kappa shape index (κ1) is 55.8. The van der Waals surface area contributed by atoms with Crippen molar-refractivity contribution < 1.29 is 58.3 Å². The van der Waals surface area contributed by atoms with E-state index in [4.69, 9.17) is 18.5 Å². The normalized spacial score (nSPS) is 22.6. The summed E-state index contributed by atoms with van der Waals surface area (Å²) in [4.78, 5) is 23.1. The molecule has 59 heavy (non-hydrogen) atoms. The fourth-order valence-corrected chi connectivity index (χ4v) is 8.20. The molecule has 1 fully saturated rings. The van der Waals surface area contributed by atoms with Crippen LogP contribution in [0, 0.1) is 0 Å². The molecular weight excluding hydrogens is 775 g/mol. The molecule has 0 radical (unpaired) electrons. The highest BCUT2D eigenvalue weighted by Crippen LogP contribution is 2.47. The average molecular weight is 863 g/mol. The number of carbonyl (C=O) groups is 1. The molecule has 1 saturated carbocycles. The number of allylic oxidation sites excluding steroid dienone is 4. The first-order valence-electron chi connectivity index (χ1n) is 23.7. The zero-order valence-electron chi connectivity index (χ0n) is 37.1. The number of phosphoric ester groups is 1. The van der Waals surface area contributed by atoms with E-state index in [1.165, 1.54) is 116 Å². The molecule has 0 aromatic rings. The van der Waals surface area contributed by atoms with Gasteiger partial charge in [-0.15, -0.1) is 0 Å². The predicted octanol–water partition coefficient (Wildman–Crippen LogP) is 9.70. The van der Waals surface area contributed by atoms with Crippen LogP contribution in [0.2, 0.25) is 0 Å². The fourth-order valence-electron chi connectivity index (χ4n) is 7.23. The SMILES string of the molecule is CCCCCCC/C=C\CCCCCCCC(=O)OC(COCCCCCCCCCC/C=C\CCCCCCCC)COP(=O)(O)OC1C(O)C(O)C(O)C(O)C1O. The molecule has 348 valence electrons. The summed E-state index contributed by atoms with van der Waals surface area (Å²) >= 11 is 0. The van der Waals surface area contributed by atoms with Gasteiger partial charge in [0.2, 0.25) is 0 Å². The van der Waals surface area contributed by atoms with Crippen LogP contribution in [0.25, 0.3) is 0 Å². The predicted molar refractivity (Wildman–Crippen MR) is 235 cm³/mol. The maximum atomic E-state index is 12.8.